The molecule has 0 fully saturated rings. The van der Waals surface area contributed by atoms with Gasteiger partial charge in [0.2, 0.25) is 0 Å². The van der Waals surface area contributed by atoms with Crippen molar-refractivity contribution in [3.63, 3.8) is 0 Å². The lowest BCUT2D eigenvalue weighted by Crippen LogP contribution is -2.33. The van der Waals surface area contributed by atoms with E-state index >= 15 is 0 Å². The molecule has 1 unspecified atom stereocenters. The molecule has 0 spiro atoms. The number of halogens is 3. The molecule has 2 rings (SSSR count). The molecule has 0 saturated carbocycles. The summed E-state index contributed by atoms with van der Waals surface area (Å²) in [5.74, 6) is 4.20. The van der Waals surface area contributed by atoms with E-state index in [1.807, 2.05) is 13.8 Å². The summed E-state index contributed by atoms with van der Waals surface area (Å²) in [5.41, 5.74) is 3.04. The highest BCUT2D eigenvalue weighted by Gasteiger charge is 2.28. The van der Waals surface area contributed by atoms with Crippen molar-refractivity contribution in [1.29, 1.82) is 0 Å². The van der Waals surface area contributed by atoms with Crippen molar-refractivity contribution in [2.45, 2.75) is 32.9 Å². The fraction of sp³-hybridized carbons (Fsp3) is 0.357. The molecule has 3 N–H and O–H groups in total. The van der Waals surface area contributed by atoms with E-state index in [1.54, 1.807) is 11.6 Å². The minimum absolute atomic E-state index is 0.0284. The molecular formula is C14H17ClF2N4. The Morgan fingerprint density at radius 1 is 1.33 bits per heavy atom. The van der Waals surface area contributed by atoms with Crippen LogP contribution in [0, 0.1) is 18.6 Å². The van der Waals surface area contributed by atoms with Crippen molar-refractivity contribution in [1.82, 2.24) is 15.2 Å². The monoisotopic (exact) mass is 314 g/mol. The number of nitrogens with two attached hydrogens (primary N) is 1. The molecule has 0 amide bonds. The van der Waals surface area contributed by atoms with Crippen molar-refractivity contribution < 1.29 is 8.78 Å². The van der Waals surface area contributed by atoms with Gasteiger partial charge in [-0.25, -0.2) is 14.2 Å². The maximum atomic E-state index is 14.3. The largest absolute Gasteiger partial charge is 0.271 e. The Bertz CT molecular complexity index is 655. The van der Waals surface area contributed by atoms with E-state index in [-0.39, 0.29) is 11.6 Å². The number of aromatic nitrogens is 2. The van der Waals surface area contributed by atoms with Gasteiger partial charge in [0, 0.05) is 11.6 Å². The first-order valence-corrected chi connectivity index (χ1v) is 6.89. The minimum atomic E-state index is -0.928. The zero-order chi connectivity index (χ0) is 15.7. The van der Waals surface area contributed by atoms with Crippen LogP contribution >= 0.6 is 11.6 Å². The van der Waals surface area contributed by atoms with Gasteiger partial charge in [0.15, 0.2) is 0 Å². The van der Waals surface area contributed by atoms with Gasteiger partial charge in [0.25, 0.3) is 0 Å². The molecule has 0 saturated heterocycles. The Balaban J connectivity index is 2.66. The highest BCUT2D eigenvalue weighted by molar-refractivity contribution is 6.31. The summed E-state index contributed by atoms with van der Waals surface area (Å²) in [6, 6.07) is 1.63. The van der Waals surface area contributed by atoms with Crippen molar-refractivity contribution in [2.24, 2.45) is 5.84 Å². The topological polar surface area (TPSA) is 55.9 Å². The summed E-state index contributed by atoms with van der Waals surface area (Å²) in [6.45, 7) is 5.35. The highest BCUT2D eigenvalue weighted by Crippen LogP contribution is 2.33. The Morgan fingerprint density at radius 3 is 2.57 bits per heavy atom. The van der Waals surface area contributed by atoms with Crippen LogP contribution in [0.3, 0.4) is 0 Å². The average molecular weight is 315 g/mol. The van der Waals surface area contributed by atoms with Crippen molar-refractivity contribution in [2.75, 3.05) is 0 Å². The molecule has 1 heterocycles. The van der Waals surface area contributed by atoms with E-state index in [4.69, 9.17) is 17.4 Å². The average Bonchev–Trinajstić information content (AvgIpc) is 2.81. The lowest BCUT2D eigenvalue weighted by molar-refractivity contribution is 0.451. The Labute approximate surface area is 126 Å². The first kappa shape index (κ1) is 15.9. The molecule has 114 valence electrons. The summed E-state index contributed by atoms with van der Waals surface area (Å²) in [6.07, 6.45) is 1.44. The van der Waals surface area contributed by atoms with Crippen LogP contribution in [0.4, 0.5) is 8.78 Å². The molecule has 0 bridgehead atoms. The quantitative estimate of drug-likeness (QED) is 0.673. The van der Waals surface area contributed by atoms with Crippen molar-refractivity contribution in [3.05, 3.63) is 51.8 Å². The van der Waals surface area contributed by atoms with Crippen LogP contribution in [0.15, 0.2) is 18.3 Å². The zero-order valence-electron chi connectivity index (χ0n) is 12.0. The normalized spacial score (nSPS) is 13.0. The first-order chi connectivity index (χ1) is 9.88. The molecule has 0 radical (unpaired) electrons. The molecular weight excluding hydrogens is 298 g/mol. The molecule has 2 aromatic rings. The summed E-state index contributed by atoms with van der Waals surface area (Å²) < 4.78 is 30.1. The number of rotatable bonds is 4. The summed E-state index contributed by atoms with van der Waals surface area (Å²) in [7, 11) is 0. The third kappa shape index (κ3) is 2.79. The van der Waals surface area contributed by atoms with Crippen molar-refractivity contribution in [3.8, 4) is 0 Å². The fourth-order valence-corrected chi connectivity index (χ4v) is 2.51. The third-order valence-corrected chi connectivity index (χ3v) is 3.62. The second kappa shape index (κ2) is 6.09. The van der Waals surface area contributed by atoms with Gasteiger partial charge < -0.3 is 0 Å². The lowest BCUT2D eigenvalue weighted by atomic mass is 10.00. The molecule has 0 aliphatic carbocycles. The summed E-state index contributed by atoms with van der Waals surface area (Å²) >= 11 is 6.13. The SMILES string of the molecule is Cc1ccc(F)c(C(NN)c2c(Cl)cnn2C(C)C)c1F. The van der Waals surface area contributed by atoms with Crippen LogP contribution in [-0.4, -0.2) is 9.78 Å². The van der Waals surface area contributed by atoms with Gasteiger partial charge >= 0.3 is 0 Å². The Kier molecular flexibility index (Phi) is 4.61. The van der Waals surface area contributed by atoms with Gasteiger partial charge in [-0.05, 0) is 32.4 Å². The maximum absolute atomic E-state index is 14.3. The predicted octanol–water partition coefficient (Wildman–Crippen LogP) is 3.26. The minimum Gasteiger partial charge on any atom is -0.271 e. The van der Waals surface area contributed by atoms with Crippen LogP contribution in [0.25, 0.3) is 0 Å². The number of aryl methyl sites for hydroxylation is 1. The number of hydrazine groups is 1. The van der Waals surface area contributed by atoms with Gasteiger partial charge in [-0.3, -0.25) is 10.5 Å². The van der Waals surface area contributed by atoms with Crippen LogP contribution in [-0.2, 0) is 0 Å². The molecule has 21 heavy (non-hydrogen) atoms. The zero-order valence-corrected chi connectivity index (χ0v) is 12.7. The molecule has 1 aromatic carbocycles. The van der Waals surface area contributed by atoms with Crippen LogP contribution in [0.1, 0.15) is 42.8 Å². The van der Waals surface area contributed by atoms with Crippen LogP contribution in [0.5, 0.6) is 0 Å². The molecule has 0 aliphatic heterocycles. The van der Waals surface area contributed by atoms with Gasteiger partial charge in [-0.1, -0.05) is 17.7 Å². The van der Waals surface area contributed by atoms with E-state index in [1.165, 1.54) is 18.3 Å². The Hall–Kier alpha value is -1.50. The van der Waals surface area contributed by atoms with E-state index in [0.29, 0.717) is 16.3 Å². The van der Waals surface area contributed by atoms with Gasteiger partial charge in [0.1, 0.15) is 11.6 Å². The molecule has 0 aliphatic rings. The number of hydrogen-bond acceptors (Lipinski definition) is 3. The van der Waals surface area contributed by atoms with E-state index in [2.05, 4.69) is 10.5 Å². The highest BCUT2D eigenvalue weighted by atomic mass is 35.5. The first-order valence-electron chi connectivity index (χ1n) is 6.52. The smallest absolute Gasteiger partial charge is 0.134 e. The number of benzene rings is 1. The number of nitrogens with zero attached hydrogens (tertiary/aromatic N) is 2. The number of hydrogen-bond donors (Lipinski definition) is 2. The van der Waals surface area contributed by atoms with Gasteiger partial charge in [-0.2, -0.15) is 5.10 Å². The van der Waals surface area contributed by atoms with E-state index < -0.39 is 17.7 Å². The second-order valence-electron chi connectivity index (χ2n) is 5.11. The third-order valence-electron chi connectivity index (χ3n) is 3.32. The molecule has 1 aromatic heterocycles. The Morgan fingerprint density at radius 2 is 2.00 bits per heavy atom. The fourth-order valence-electron chi connectivity index (χ4n) is 2.27. The lowest BCUT2D eigenvalue weighted by Gasteiger charge is -2.22. The predicted molar refractivity (Wildman–Crippen MR) is 77.9 cm³/mol. The molecule has 1 atom stereocenters. The van der Waals surface area contributed by atoms with Gasteiger partial charge in [-0.15, -0.1) is 0 Å². The maximum Gasteiger partial charge on any atom is 0.134 e. The molecule has 7 heteroatoms. The standard InChI is InChI=1S/C14H17ClF2N4/c1-7(2)21-14(9(15)6-19-21)13(20-18)11-10(16)5-4-8(3)12(11)17/h4-7,13,20H,18H2,1-3H3. The second-order valence-corrected chi connectivity index (χ2v) is 5.51. The summed E-state index contributed by atoms with van der Waals surface area (Å²) in [5, 5.41) is 4.43. The van der Waals surface area contributed by atoms with Crippen LogP contribution in [0.2, 0.25) is 5.02 Å². The van der Waals surface area contributed by atoms with E-state index in [9.17, 15) is 8.78 Å². The van der Waals surface area contributed by atoms with Crippen molar-refractivity contribution >= 4 is 11.6 Å². The van der Waals surface area contributed by atoms with Crippen LogP contribution < -0.4 is 11.3 Å². The van der Waals surface area contributed by atoms with E-state index in [0.717, 1.165) is 0 Å². The summed E-state index contributed by atoms with van der Waals surface area (Å²) in [4.78, 5) is 0. The number of nitrogens with one attached hydrogen (secondary N) is 1. The molecule has 4 nitrogen and oxygen atoms in total. The van der Waals surface area contributed by atoms with Gasteiger partial charge in [0.05, 0.1) is 23.0 Å².